The quantitative estimate of drug-likeness (QED) is 0.434. The van der Waals surface area contributed by atoms with E-state index in [1.54, 1.807) is 15.4 Å². The van der Waals surface area contributed by atoms with Gasteiger partial charge in [-0.3, -0.25) is 18.6 Å². The average molecular weight is 459 g/mol. The number of aliphatic imine (C=N–C) groups is 1. The fraction of sp³-hybridized carbons (Fsp3) is 0.500. The highest BCUT2D eigenvalue weighted by Gasteiger charge is 2.24. The number of unbranched alkanes of at least 4 members (excludes halogenated alkanes) is 2. The van der Waals surface area contributed by atoms with Gasteiger partial charge in [-0.1, -0.05) is 36.5 Å². The van der Waals surface area contributed by atoms with E-state index in [-0.39, 0.29) is 17.7 Å². The molecule has 1 aliphatic heterocycles. The lowest BCUT2D eigenvalue weighted by atomic mass is 10.2. The molecule has 4 rings (SSSR count). The molecule has 0 saturated heterocycles. The van der Waals surface area contributed by atoms with Gasteiger partial charge < -0.3 is 4.52 Å². The van der Waals surface area contributed by atoms with Crippen LogP contribution in [0.15, 0.2) is 37.6 Å². The Morgan fingerprint density at radius 1 is 1.16 bits per heavy atom. The number of fused-ring (bicyclic) bond motifs is 1. The Hall–Kier alpha value is -2.94. The van der Waals surface area contributed by atoms with Crippen LogP contribution in [-0.4, -0.2) is 29.2 Å². The Morgan fingerprint density at radius 2 is 1.97 bits per heavy atom. The molecular formula is C22H27ClN6O3. The number of hydrogen-bond donors (Lipinski definition) is 0. The SMILES string of the molecule is CCCCCn1c2c(c(=O)n(CCCc3cnn(Cc4cc(C)on4)c3)c1=O)CC(Cl)=N2. The molecule has 3 aromatic rings. The molecule has 0 saturated carbocycles. The molecule has 32 heavy (non-hydrogen) atoms. The van der Waals surface area contributed by atoms with Gasteiger partial charge in [0.25, 0.3) is 5.56 Å². The summed E-state index contributed by atoms with van der Waals surface area (Å²) in [5.41, 5.74) is 1.77. The van der Waals surface area contributed by atoms with Gasteiger partial charge in [0.2, 0.25) is 0 Å². The van der Waals surface area contributed by atoms with Crippen molar-refractivity contribution in [1.82, 2.24) is 24.1 Å². The minimum atomic E-state index is -0.308. The van der Waals surface area contributed by atoms with Crippen LogP contribution in [0.5, 0.6) is 0 Å². The minimum absolute atomic E-state index is 0.284. The van der Waals surface area contributed by atoms with Crippen LogP contribution in [0.3, 0.4) is 0 Å². The lowest BCUT2D eigenvalue weighted by Crippen LogP contribution is -2.41. The van der Waals surface area contributed by atoms with Crippen molar-refractivity contribution in [3.63, 3.8) is 0 Å². The summed E-state index contributed by atoms with van der Waals surface area (Å²) in [5, 5.41) is 8.70. The molecular weight excluding hydrogens is 432 g/mol. The van der Waals surface area contributed by atoms with Crippen molar-refractivity contribution in [3.8, 4) is 0 Å². The highest BCUT2D eigenvalue weighted by molar-refractivity contribution is 6.66. The number of nitrogens with zero attached hydrogens (tertiary/aromatic N) is 6. The van der Waals surface area contributed by atoms with E-state index >= 15 is 0 Å². The van der Waals surface area contributed by atoms with Crippen LogP contribution in [0.25, 0.3) is 0 Å². The fourth-order valence-electron chi connectivity index (χ4n) is 3.97. The zero-order valence-electron chi connectivity index (χ0n) is 18.4. The number of rotatable bonds is 10. The lowest BCUT2D eigenvalue weighted by Gasteiger charge is -2.14. The topological polar surface area (TPSA) is 100 Å². The number of halogens is 1. The number of aromatic nitrogens is 5. The molecule has 0 N–H and O–H groups in total. The van der Waals surface area contributed by atoms with Gasteiger partial charge in [-0.2, -0.15) is 5.10 Å². The van der Waals surface area contributed by atoms with Crippen LogP contribution in [0.1, 0.15) is 55.2 Å². The maximum atomic E-state index is 13.1. The van der Waals surface area contributed by atoms with E-state index in [0.29, 0.717) is 49.0 Å². The lowest BCUT2D eigenvalue weighted by molar-refractivity contribution is 0.387. The Morgan fingerprint density at radius 3 is 2.72 bits per heavy atom. The van der Waals surface area contributed by atoms with Crippen LogP contribution in [0, 0.1) is 6.92 Å². The van der Waals surface area contributed by atoms with Crippen molar-refractivity contribution in [2.24, 2.45) is 4.99 Å². The molecule has 9 nitrogen and oxygen atoms in total. The van der Waals surface area contributed by atoms with E-state index in [0.717, 1.165) is 36.3 Å². The number of aryl methyl sites for hydroxylation is 2. The Bertz CT molecular complexity index is 1250. The van der Waals surface area contributed by atoms with Gasteiger partial charge in [0.1, 0.15) is 22.4 Å². The van der Waals surface area contributed by atoms with Crippen LogP contribution >= 0.6 is 11.6 Å². The number of hydrogen-bond acceptors (Lipinski definition) is 6. The average Bonchev–Trinajstić information content (AvgIpc) is 3.48. The standard InChI is InChI=1S/C22H27ClN6O3/c1-3-4-5-8-28-20-18(11-19(23)25-20)21(30)29(22(28)31)9-6-7-16-12-24-27(13-16)14-17-10-15(2)32-26-17/h10,12-13H,3-9,11,14H2,1-2H3. The first-order valence-electron chi connectivity index (χ1n) is 11.0. The summed E-state index contributed by atoms with van der Waals surface area (Å²) < 4.78 is 9.83. The molecule has 0 radical (unpaired) electrons. The van der Waals surface area contributed by atoms with Crippen molar-refractivity contribution in [2.45, 2.75) is 72.0 Å². The summed E-state index contributed by atoms with van der Waals surface area (Å²) in [7, 11) is 0. The normalized spacial score (nSPS) is 12.9. The van der Waals surface area contributed by atoms with Crippen LogP contribution in [-0.2, 0) is 32.5 Å². The molecule has 0 bridgehead atoms. The molecule has 0 atom stereocenters. The van der Waals surface area contributed by atoms with E-state index in [1.807, 2.05) is 19.2 Å². The predicted octanol–water partition coefficient (Wildman–Crippen LogP) is 3.20. The van der Waals surface area contributed by atoms with Crippen LogP contribution in [0.4, 0.5) is 5.82 Å². The molecule has 0 aliphatic carbocycles. The second-order valence-electron chi connectivity index (χ2n) is 8.14. The highest BCUT2D eigenvalue weighted by Crippen LogP contribution is 2.24. The third-order valence-electron chi connectivity index (χ3n) is 5.56. The van der Waals surface area contributed by atoms with E-state index in [2.05, 4.69) is 22.2 Å². The van der Waals surface area contributed by atoms with Crippen molar-refractivity contribution in [1.29, 1.82) is 0 Å². The van der Waals surface area contributed by atoms with Crippen LogP contribution in [0.2, 0.25) is 0 Å². The molecule has 0 spiro atoms. The van der Waals surface area contributed by atoms with Gasteiger partial charge in [-0.15, -0.1) is 0 Å². The summed E-state index contributed by atoms with van der Waals surface area (Å²) in [5.74, 6) is 1.20. The molecule has 10 heteroatoms. The summed E-state index contributed by atoms with van der Waals surface area (Å²) in [6.45, 7) is 5.37. The smallest absolute Gasteiger partial charge is 0.332 e. The largest absolute Gasteiger partial charge is 0.361 e. The minimum Gasteiger partial charge on any atom is -0.361 e. The van der Waals surface area contributed by atoms with Gasteiger partial charge in [0.15, 0.2) is 0 Å². The van der Waals surface area contributed by atoms with E-state index in [1.165, 1.54) is 4.57 Å². The van der Waals surface area contributed by atoms with Crippen molar-refractivity contribution in [2.75, 3.05) is 0 Å². The molecule has 3 aromatic heterocycles. The molecule has 4 heterocycles. The first-order chi connectivity index (χ1) is 15.5. The summed E-state index contributed by atoms with van der Waals surface area (Å²) in [6.07, 6.45) is 8.30. The van der Waals surface area contributed by atoms with E-state index in [9.17, 15) is 9.59 Å². The third kappa shape index (κ3) is 4.77. The Labute approximate surface area is 190 Å². The molecule has 0 amide bonds. The van der Waals surface area contributed by atoms with E-state index < -0.39 is 0 Å². The second-order valence-corrected chi connectivity index (χ2v) is 8.58. The molecule has 0 aromatic carbocycles. The summed E-state index contributed by atoms with van der Waals surface area (Å²) in [6, 6.07) is 1.88. The van der Waals surface area contributed by atoms with Gasteiger partial charge in [-0.05, 0) is 31.7 Å². The van der Waals surface area contributed by atoms with E-state index in [4.69, 9.17) is 16.1 Å². The van der Waals surface area contributed by atoms with Crippen molar-refractivity contribution >= 4 is 22.6 Å². The highest BCUT2D eigenvalue weighted by atomic mass is 35.5. The van der Waals surface area contributed by atoms with Crippen molar-refractivity contribution < 1.29 is 4.52 Å². The fourth-order valence-corrected chi connectivity index (χ4v) is 4.18. The maximum absolute atomic E-state index is 13.1. The van der Waals surface area contributed by atoms with Gasteiger partial charge in [-0.25, -0.2) is 9.79 Å². The van der Waals surface area contributed by atoms with Gasteiger partial charge >= 0.3 is 5.69 Å². The molecule has 170 valence electrons. The first-order valence-corrected chi connectivity index (χ1v) is 11.4. The maximum Gasteiger partial charge on any atom is 0.332 e. The monoisotopic (exact) mass is 458 g/mol. The van der Waals surface area contributed by atoms with Crippen LogP contribution < -0.4 is 11.2 Å². The van der Waals surface area contributed by atoms with Crippen molar-refractivity contribution in [3.05, 3.63) is 61.9 Å². The Balaban J connectivity index is 1.46. The third-order valence-corrected chi connectivity index (χ3v) is 5.78. The zero-order chi connectivity index (χ0) is 22.7. The molecule has 0 unspecified atom stereocenters. The molecule has 0 fully saturated rings. The predicted molar refractivity (Wildman–Crippen MR) is 122 cm³/mol. The Kier molecular flexibility index (Phi) is 6.74. The van der Waals surface area contributed by atoms with Gasteiger partial charge in [0, 0.05) is 31.8 Å². The summed E-state index contributed by atoms with van der Waals surface area (Å²) in [4.78, 5) is 30.3. The first kappa shape index (κ1) is 22.3. The zero-order valence-corrected chi connectivity index (χ0v) is 19.1. The molecule has 1 aliphatic rings. The van der Waals surface area contributed by atoms with Gasteiger partial charge in [0.05, 0.1) is 18.3 Å². The second kappa shape index (κ2) is 9.68. The summed E-state index contributed by atoms with van der Waals surface area (Å²) >= 11 is 6.10.